The van der Waals surface area contributed by atoms with Gasteiger partial charge < -0.3 is 25.2 Å². The van der Waals surface area contributed by atoms with Crippen LogP contribution in [0.3, 0.4) is 0 Å². The Kier molecular flexibility index (Phi) is 5.10. The molecule has 2 heterocycles. The molecule has 0 radical (unpaired) electrons. The maximum atomic E-state index is 12.1. The SMILES string of the molecule is CC1CN(C(=O)NCc2nc(C(=O)O)cs2)CC(CO)O1. The molecule has 2 atom stereocenters. The number of hydrogen-bond acceptors (Lipinski definition) is 6. The number of rotatable bonds is 4. The number of morpholine rings is 1. The summed E-state index contributed by atoms with van der Waals surface area (Å²) in [6, 6.07) is -0.282. The predicted octanol–water partition coefficient (Wildman–Crippen LogP) is 0.132. The second kappa shape index (κ2) is 6.83. The van der Waals surface area contributed by atoms with E-state index in [1.165, 1.54) is 16.7 Å². The van der Waals surface area contributed by atoms with E-state index >= 15 is 0 Å². The summed E-state index contributed by atoms with van der Waals surface area (Å²) in [5.41, 5.74) is -0.0235. The molecule has 1 aliphatic rings. The monoisotopic (exact) mass is 315 g/mol. The van der Waals surface area contributed by atoms with E-state index in [9.17, 15) is 9.59 Å². The van der Waals surface area contributed by atoms with Gasteiger partial charge in [0.25, 0.3) is 0 Å². The van der Waals surface area contributed by atoms with Crippen LogP contribution in [0.5, 0.6) is 0 Å². The van der Waals surface area contributed by atoms with E-state index in [1.807, 2.05) is 6.92 Å². The maximum absolute atomic E-state index is 12.1. The lowest BCUT2D eigenvalue weighted by molar-refractivity contribution is -0.0834. The van der Waals surface area contributed by atoms with E-state index in [0.717, 1.165) is 0 Å². The fourth-order valence-electron chi connectivity index (χ4n) is 2.07. The molecule has 1 fully saturated rings. The first-order valence-electron chi connectivity index (χ1n) is 6.46. The van der Waals surface area contributed by atoms with Crippen LogP contribution in [0.4, 0.5) is 4.79 Å². The molecule has 2 rings (SSSR count). The Bertz CT molecular complexity index is 521. The molecule has 0 bridgehead atoms. The fourth-order valence-corrected chi connectivity index (χ4v) is 2.77. The van der Waals surface area contributed by atoms with Crippen LogP contribution in [-0.4, -0.2) is 64.0 Å². The average Bonchev–Trinajstić information content (AvgIpc) is 2.93. The van der Waals surface area contributed by atoms with Crippen molar-refractivity contribution in [2.75, 3.05) is 19.7 Å². The van der Waals surface area contributed by atoms with Gasteiger partial charge in [0.1, 0.15) is 5.01 Å². The summed E-state index contributed by atoms with van der Waals surface area (Å²) >= 11 is 1.18. The van der Waals surface area contributed by atoms with Gasteiger partial charge in [0, 0.05) is 11.9 Å². The van der Waals surface area contributed by atoms with Crippen LogP contribution in [0.25, 0.3) is 0 Å². The quantitative estimate of drug-likeness (QED) is 0.728. The molecule has 1 aromatic heterocycles. The molecular weight excluding hydrogens is 298 g/mol. The number of carbonyl (C=O) groups excluding carboxylic acids is 1. The van der Waals surface area contributed by atoms with E-state index in [0.29, 0.717) is 18.1 Å². The van der Waals surface area contributed by atoms with Crippen molar-refractivity contribution >= 4 is 23.3 Å². The van der Waals surface area contributed by atoms with Crippen LogP contribution >= 0.6 is 11.3 Å². The summed E-state index contributed by atoms with van der Waals surface area (Å²) in [6.45, 7) is 2.64. The molecule has 0 spiro atoms. The first-order chi connectivity index (χ1) is 9.99. The first-order valence-corrected chi connectivity index (χ1v) is 7.34. The number of thiazole rings is 1. The predicted molar refractivity (Wildman–Crippen MR) is 74.3 cm³/mol. The number of ether oxygens (including phenoxy) is 1. The Hall–Kier alpha value is -1.71. The van der Waals surface area contributed by atoms with Gasteiger partial charge in [-0.2, -0.15) is 0 Å². The van der Waals surface area contributed by atoms with Gasteiger partial charge in [-0.25, -0.2) is 14.6 Å². The molecule has 2 unspecified atom stereocenters. The van der Waals surface area contributed by atoms with Crippen molar-refractivity contribution in [1.82, 2.24) is 15.2 Å². The van der Waals surface area contributed by atoms with Crippen LogP contribution < -0.4 is 5.32 Å². The summed E-state index contributed by atoms with van der Waals surface area (Å²) in [6.07, 6.45) is -0.516. The second-order valence-electron chi connectivity index (χ2n) is 4.75. The van der Waals surface area contributed by atoms with Crippen molar-refractivity contribution in [2.24, 2.45) is 0 Å². The summed E-state index contributed by atoms with van der Waals surface area (Å²) in [5, 5.41) is 22.6. The zero-order valence-corrected chi connectivity index (χ0v) is 12.3. The summed E-state index contributed by atoms with van der Waals surface area (Å²) in [4.78, 5) is 28.2. The molecule has 1 aromatic rings. The van der Waals surface area contributed by atoms with E-state index in [-0.39, 0.29) is 37.1 Å². The van der Waals surface area contributed by atoms with Crippen molar-refractivity contribution in [1.29, 1.82) is 0 Å². The third kappa shape index (κ3) is 4.13. The molecule has 0 aliphatic carbocycles. The number of hydrogen-bond donors (Lipinski definition) is 3. The zero-order valence-electron chi connectivity index (χ0n) is 11.5. The minimum Gasteiger partial charge on any atom is -0.476 e. The Morgan fingerprint density at radius 3 is 2.95 bits per heavy atom. The number of nitrogens with zero attached hydrogens (tertiary/aromatic N) is 2. The number of amides is 2. The van der Waals surface area contributed by atoms with Crippen molar-refractivity contribution in [3.8, 4) is 0 Å². The van der Waals surface area contributed by atoms with Gasteiger partial charge in [0.2, 0.25) is 0 Å². The van der Waals surface area contributed by atoms with Crippen molar-refractivity contribution < 1.29 is 24.5 Å². The summed E-state index contributed by atoms with van der Waals surface area (Å²) in [5.74, 6) is -1.09. The molecule has 116 valence electrons. The number of aliphatic hydroxyl groups excluding tert-OH is 1. The fraction of sp³-hybridized carbons (Fsp3) is 0.583. The van der Waals surface area contributed by atoms with Crippen LogP contribution in [0, 0.1) is 0 Å². The minimum absolute atomic E-state index is 0.0235. The van der Waals surface area contributed by atoms with E-state index in [4.69, 9.17) is 14.9 Å². The standard InChI is InChI=1S/C12H17N3O5S/c1-7-3-15(4-8(5-16)20-7)12(19)13-2-10-14-9(6-21-10)11(17)18/h6-8,16H,2-5H2,1H3,(H,13,19)(H,17,18). The number of aromatic nitrogens is 1. The van der Waals surface area contributed by atoms with Gasteiger partial charge in [-0.1, -0.05) is 0 Å². The van der Waals surface area contributed by atoms with E-state index in [2.05, 4.69) is 10.3 Å². The minimum atomic E-state index is -1.09. The average molecular weight is 315 g/mol. The number of aromatic carboxylic acids is 1. The van der Waals surface area contributed by atoms with Gasteiger partial charge >= 0.3 is 12.0 Å². The highest BCUT2D eigenvalue weighted by molar-refractivity contribution is 7.09. The molecular formula is C12H17N3O5S. The van der Waals surface area contributed by atoms with Crippen LogP contribution in [0.1, 0.15) is 22.4 Å². The molecule has 1 aliphatic heterocycles. The molecule has 2 amide bonds. The molecule has 9 heteroatoms. The highest BCUT2D eigenvalue weighted by Crippen LogP contribution is 2.12. The van der Waals surface area contributed by atoms with Gasteiger partial charge in [0.05, 0.1) is 31.9 Å². The lowest BCUT2D eigenvalue weighted by Gasteiger charge is -2.35. The van der Waals surface area contributed by atoms with Crippen LogP contribution in [0.2, 0.25) is 0 Å². The van der Waals surface area contributed by atoms with E-state index < -0.39 is 5.97 Å². The van der Waals surface area contributed by atoms with Crippen molar-refractivity contribution in [3.63, 3.8) is 0 Å². The van der Waals surface area contributed by atoms with Crippen molar-refractivity contribution in [3.05, 3.63) is 16.1 Å². The summed E-state index contributed by atoms with van der Waals surface area (Å²) in [7, 11) is 0. The third-order valence-corrected chi connectivity index (χ3v) is 3.83. The lowest BCUT2D eigenvalue weighted by Crippen LogP contribution is -2.53. The van der Waals surface area contributed by atoms with Gasteiger partial charge in [-0.15, -0.1) is 11.3 Å². The Morgan fingerprint density at radius 2 is 2.33 bits per heavy atom. The molecule has 1 saturated heterocycles. The van der Waals surface area contributed by atoms with Gasteiger partial charge in [-0.3, -0.25) is 0 Å². The van der Waals surface area contributed by atoms with Crippen LogP contribution in [0.15, 0.2) is 5.38 Å². The molecule has 3 N–H and O–H groups in total. The largest absolute Gasteiger partial charge is 0.476 e. The number of carbonyl (C=O) groups is 2. The Balaban J connectivity index is 1.87. The zero-order chi connectivity index (χ0) is 15.4. The highest BCUT2D eigenvalue weighted by Gasteiger charge is 2.27. The normalized spacial score (nSPS) is 22.1. The van der Waals surface area contributed by atoms with Gasteiger partial charge in [-0.05, 0) is 6.92 Å². The van der Waals surface area contributed by atoms with Crippen molar-refractivity contribution in [2.45, 2.75) is 25.7 Å². The maximum Gasteiger partial charge on any atom is 0.355 e. The second-order valence-corrected chi connectivity index (χ2v) is 5.69. The molecule has 21 heavy (non-hydrogen) atoms. The van der Waals surface area contributed by atoms with Gasteiger partial charge in [0.15, 0.2) is 5.69 Å². The lowest BCUT2D eigenvalue weighted by atomic mass is 10.2. The first kappa shape index (κ1) is 15.7. The van der Waals surface area contributed by atoms with E-state index in [1.54, 1.807) is 4.90 Å². The Morgan fingerprint density at radius 1 is 1.57 bits per heavy atom. The third-order valence-electron chi connectivity index (χ3n) is 2.98. The Labute approximate surface area is 125 Å². The smallest absolute Gasteiger partial charge is 0.355 e. The number of carboxylic acid groups (broad SMARTS) is 1. The topological polar surface area (TPSA) is 112 Å². The number of aliphatic hydroxyl groups is 1. The number of carboxylic acids is 1. The van der Waals surface area contributed by atoms with Crippen LogP contribution in [-0.2, 0) is 11.3 Å². The highest BCUT2D eigenvalue weighted by atomic mass is 32.1. The number of nitrogens with one attached hydrogen (secondary N) is 1. The molecule has 0 saturated carbocycles. The summed E-state index contributed by atoms with van der Waals surface area (Å²) < 4.78 is 5.46. The number of urea groups is 1. The molecule has 8 nitrogen and oxygen atoms in total. The molecule has 0 aromatic carbocycles.